The highest BCUT2D eigenvalue weighted by atomic mass is 32.2. The van der Waals surface area contributed by atoms with Crippen molar-refractivity contribution in [2.45, 2.75) is 24.8 Å². The number of nitrogens with two attached hydrogens (primary N) is 1. The van der Waals surface area contributed by atoms with Crippen LogP contribution in [0, 0.1) is 17.2 Å². The van der Waals surface area contributed by atoms with Gasteiger partial charge in [-0.25, -0.2) is 0 Å². The van der Waals surface area contributed by atoms with E-state index >= 15 is 0 Å². The summed E-state index contributed by atoms with van der Waals surface area (Å²) < 4.78 is 5.46. The monoisotopic (exact) mass is 383 g/mol. The van der Waals surface area contributed by atoms with E-state index in [9.17, 15) is 5.26 Å². The maximum Gasteiger partial charge on any atom is 0.154 e. The second-order valence-electron chi connectivity index (χ2n) is 6.95. The third-order valence-electron chi connectivity index (χ3n) is 5.18. The molecule has 2 unspecified atom stereocenters. The lowest BCUT2D eigenvalue weighted by atomic mass is 9.73. The molecule has 1 aromatic carbocycles. The van der Waals surface area contributed by atoms with Crippen LogP contribution in [0.25, 0.3) is 10.4 Å². The number of benzene rings is 1. The van der Waals surface area contributed by atoms with E-state index in [4.69, 9.17) is 15.5 Å². The van der Waals surface area contributed by atoms with E-state index in [0.29, 0.717) is 16.6 Å². The third-order valence-corrected chi connectivity index (χ3v) is 7.18. The molecule has 2 aliphatic rings. The number of rotatable bonds is 3. The molecule has 4 rings (SSSR count). The van der Waals surface area contributed by atoms with Gasteiger partial charge in [-0.15, -0.1) is 11.3 Å². The van der Waals surface area contributed by atoms with Crippen molar-refractivity contribution in [2.24, 2.45) is 16.6 Å². The van der Waals surface area contributed by atoms with Crippen molar-refractivity contribution in [2.75, 3.05) is 19.5 Å². The Kier molecular flexibility index (Phi) is 4.78. The molecule has 0 amide bonds. The lowest BCUT2D eigenvalue weighted by Gasteiger charge is -2.40. The Morgan fingerprint density at radius 3 is 3.08 bits per heavy atom. The molecule has 2 N–H and O–H groups in total. The molecule has 1 aliphatic heterocycles. The topological polar surface area (TPSA) is 71.4 Å². The van der Waals surface area contributed by atoms with Gasteiger partial charge in [0.2, 0.25) is 0 Å². The minimum atomic E-state index is -0.215. The van der Waals surface area contributed by atoms with Crippen molar-refractivity contribution < 1.29 is 4.74 Å². The first-order valence-electron chi connectivity index (χ1n) is 8.74. The lowest BCUT2D eigenvalue weighted by Crippen LogP contribution is -2.38. The van der Waals surface area contributed by atoms with Crippen LogP contribution in [0.15, 0.2) is 35.3 Å². The molecule has 4 nitrogen and oxygen atoms in total. The van der Waals surface area contributed by atoms with Crippen LogP contribution in [-0.4, -0.2) is 24.6 Å². The summed E-state index contributed by atoms with van der Waals surface area (Å²) in [5.41, 5.74) is 9.03. The molecule has 0 fully saturated rings. The summed E-state index contributed by atoms with van der Waals surface area (Å²) in [7, 11) is 1.77. The van der Waals surface area contributed by atoms with E-state index in [2.05, 4.69) is 18.2 Å². The molecule has 134 valence electrons. The summed E-state index contributed by atoms with van der Waals surface area (Å²) in [6.07, 6.45) is 3.03. The van der Waals surface area contributed by atoms with Gasteiger partial charge in [0.25, 0.3) is 0 Å². The van der Waals surface area contributed by atoms with E-state index < -0.39 is 0 Å². The summed E-state index contributed by atoms with van der Waals surface area (Å²) in [5.74, 6) is 1.47. The highest BCUT2D eigenvalue weighted by molar-refractivity contribution is 8.13. The van der Waals surface area contributed by atoms with Gasteiger partial charge in [0.05, 0.1) is 17.2 Å². The van der Waals surface area contributed by atoms with Gasteiger partial charge in [-0.3, -0.25) is 4.99 Å². The molecule has 1 spiro atoms. The number of methoxy groups -OCH3 is 1. The Morgan fingerprint density at radius 1 is 1.42 bits per heavy atom. The van der Waals surface area contributed by atoms with Crippen molar-refractivity contribution in [3.63, 3.8) is 0 Å². The number of aliphatic imine (C=N–C) groups is 1. The molecule has 0 saturated heterocycles. The lowest BCUT2D eigenvalue weighted by molar-refractivity contribution is 0.125. The van der Waals surface area contributed by atoms with Gasteiger partial charge in [-0.2, -0.15) is 5.26 Å². The normalized spacial score (nSPS) is 24.8. The summed E-state index contributed by atoms with van der Waals surface area (Å²) in [6, 6.07) is 12.3. The van der Waals surface area contributed by atoms with Crippen LogP contribution in [0.4, 0.5) is 0 Å². The predicted molar refractivity (Wildman–Crippen MR) is 109 cm³/mol. The number of hydrogen-bond acceptors (Lipinski definition) is 6. The smallest absolute Gasteiger partial charge is 0.154 e. The zero-order valence-corrected chi connectivity index (χ0v) is 16.3. The van der Waals surface area contributed by atoms with Gasteiger partial charge in [0.1, 0.15) is 0 Å². The number of nitriles is 1. The van der Waals surface area contributed by atoms with Crippen LogP contribution in [0.3, 0.4) is 0 Å². The summed E-state index contributed by atoms with van der Waals surface area (Å²) in [4.78, 5) is 7.54. The number of fused-ring (bicyclic) bond motifs is 2. The largest absolute Gasteiger partial charge is 0.384 e. The van der Waals surface area contributed by atoms with Gasteiger partial charge in [0.15, 0.2) is 5.17 Å². The molecular formula is C20H21N3OS2. The second-order valence-corrected chi connectivity index (χ2v) is 9.20. The molecular weight excluding hydrogens is 362 g/mol. The molecule has 6 heteroatoms. The molecule has 2 heterocycles. The van der Waals surface area contributed by atoms with Gasteiger partial charge in [0, 0.05) is 29.2 Å². The standard InChI is InChI=1S/C20H21N3OS2/c1-24-12-14-8-18-16(20(10-14)5-6-25-19(22)23-20)9-17(26-18)15-4-2-3-13(7-15)11-21/h2-4,7,9,14H,5-6,8,10,12H2,1H3,(H2,22,23). The zero-order valence-electron chi connectivity index (χ0n) is 14.7. The number of hydrogen-bond donors (Lipinski definition) is 1. The van der Waals surface area contributed by atoms with Crippen LogP contribution < -0.4 is 5.73 Å². The van der Waals surface area contributed by atoms with Crippen LogP contribution in [0.2, 0.25) is 0 Å². The van der Waals surface area contributed by atoms with Crippen molar-refractivity contribution in [3.8, 4) is 16.5 Å². The number of amidine groups is 1. The summed E-state index contributed by atoms with van der Waals surface area (Å²) in [5, 5.41) is 9.89. The molecule has 0 radical (unpaired) electrons. The minimum Gasteiger partial charge on any atom is -0.384 e. The van der Waals surface area contributed by atoms with Gasteiger partial charge < -0.3 is 10.5 Å². The average Bonchev–Trinajstić information content (AvgIpc) is 3.07. The third kappa shape index (κ3) is 3.16. The fourth-order valence-electron chi connectivity index (χ4n) is 4.10. The number of ether oxygens (including phenoxy) is 1. The summed E-state index contributed by atoms with van der Waals surface area (Å²) >= 11 is 3.47. The first kappa shape index (κ1) is 17.6. The Bertz CT molecular complexity index is 899. The number of thiophene rings is 1. The zero-order chi connectivity index (χ0) is 18.1. The Labute approximate surface area is 162 Å². The quantitative estimate of drug-likeness (QED) is 0.864. The second kappa shape index (κ2) is 7.07. The van der Waals surface area contributed by atoms with E-state index in [1.165, 1.54) is 15.3 Å². The minimum absolute atomic E-state index is 0.215. The highest BCUT2D eigenvalue weighted by Gasteiger charge is 2.43. The molecule has 2 aromatic rings. The Hall–Kier alpha value is -1.81. The predicted octanol–water partition coefficient (Wildman–Crippen LogP) is 4.14. The van der Waals surface area contributed by atoms with E-state index in [0.717, 1.165) is 37.2 Å². The van der Waals surface area contributed by atoms with Crippen LogP contribution >= 0.6 is 23.1 Å². The molecule has 0 saturated carbocycles. The van der Waals surface area contributed by atoms with E-state index in [1.807, 2.05) is 29.5 Å². The molecule has 1 aromatic heterocycles. The number of thioether (sulfide) groups is 1. The molecule has 0 bridgehead atoms. The van der Waals surface area contributed by atoms with Gasteiger partial charge in [-0.05, 0) is 54.5 Å². The van der Waals surface area contributed by atoms with Gasteiger partial charge in [-0.1, -0.05) is 23.9 Å². The van der Waals surface area contributed by atoms with Crippen molar-refractivity contribution in [3.05, 3.63) is 46.3 Å². The van der Waals surface area contributed by atoms with Crippen molar-refractivity contribution >= 4 is 28.3 Å². The average molecular weight is 384 g/mol. The van der Waals surface area contributed by atoms with Crippen LogP contribution in [0.5, 0.6) is 0 Å². The van der Waals surface area contributed by atoms with Gasteiger partial charge >= 0.3 is 0 Å². The first-order valence-corrected chi connectivity index (χ1v) is 10.5. The SMILES string of the molecule is COCC1Cc2sc(-c3cccc(C#N)c3)cc2C2(CCSC(N)=N2)C1. The maximum atomic E-state index is 9.20. The van der Waals surface area contributed by atoms with E-state index in [1.54, 1.807) is 18.9 Å². The maximum absolute atomic E-state index is 9.20. The van der Waals surface area contributed by atoms with Crippen molar-refractivity contribution in [1.29, 1.82) is 5.26 Å². The molecule has 1 aliphatic carbocycles. The number of nitrogens with zero attached hydrogens (tertiary/aromatic N) is 2. The van der Waals surface area contributed by atoms with E-state index in [-0.39, 0.29) is 5.54 Å². The molecule has 2 atom stereocenters. The molecule has 26 heavy (non-hydrogen) atoms. The first-order chi connectivity index (χ1) is 12.6. The fourth-order valence-corrected chi connectivity index (χ4v) is 6.35. The summed E-state index contributed by atoms with van der Waals surface area (Å²) in [6.45, 7) is 0.751. The van der Waals surface area contributed by atoms with Crippen LogP contribution in [-0.2, 0) is 16.7 Å². The van der Waals surface area contributed by atoms with Crippen molar-refractivity contribution in [1.82, 2.24) is 0 Å². The van der Waals surface area contributed by atoms with Crippen LogP contribution in [0.1, 0.15) is 28.8 Å². The fraction of sp³-hybridized carbons (Fsp3) is 0.400. The Balaban J connectivity index is 1.80. The Morgan fingerprint density at radius 2 is 2.31 bits per heavy atom. The highest BCUT2D eigenvalue weighted by Crippen LogP contribution is 2.50.